The Morgan fingerprint density at radius 3 is 2.90 bits per heavy atom. The number of fused-ring (bicyclic) bond motifs is 1. The lowest BCUT2D eigenvalue weighted by Gasteiger charge is -2.18. The van der Waals surface area contributed by atoms with E-state index in [1.807, 2.05) is 0 Å². The molecule has 3 heterocycles. The summed E-state index contributed by atoms with van der Waals surface area (Å²) >= 11 is 5.79. The molecule has 0 radical (unpaired) electrons. The van der Waals surface area contributed by atoms with E-state index in [1.54, 1.807) is 12.1 Å². The third-order valence-electron chi connectivity index (χ3n) is 3.10. The Morgan fingerprint density at radius 1 is 1.35 bits per heavy atom. The van der Waals surface area contributed by atoms with Crippen LogP contribution >= 0.6 is 11.6 Å². The molecule has 2 aromatic heterocycles. The number of nitrogens with zero attached hydrogens (tertiary/aromatic N) is 3. The lowest BCUT2D eigenvalue weighted by atomic mass is 10.0. The summed E-state index contributed by atoms with van der Waals surface area (Å²) in [6, 6.07) is 3.34. The number of carboxylic acid groups (broad SMARTS) is 1. The maximum Gasteiger partial charge on any atom is 0.354 e. The van der Waals surface area contributed by atoms with Crippen LogP contribution in [0.25, 0.3) is 11.5 Å². The Balaban J connectivity index is 2.14. The minimum absolute atomic E-state index is 0.0586. The topological polar surface area (TPSA) is 88.0 Å². The molecule has 0 aliphatic carbocycles. The summed E-state index contributed by atoms with van der Waals surface area (Å²) in [6.45, 7) is 1.27. The van der Waals surface area contributed by atoms with Crippen molar-refractivity contribution in [1.29, 1.82) is 0 Å². The normalized spacial score (nSPS) is 13.8. The van der Waals surface area contributed by atoms with Gasteiger partial charge in [0.25, 0.3) is 0 Å². The van der Waals surface area contributed by atoms with E-state index in [0.29, 0.717) is 35.1 Å². The van der Waals surface area contributed by atoms with Crippen molar-refractivity contribution < 1.29 is 9.90 Å². The van der Waals surface area contributed by atoms with Crippen LogP contribution in [0.2, 0.25) is 5.02 Å². The third kappa shape index (κ3) is 2.35. The number of aromatic carboxylic acids is 1. The molecule has 0 saturated heterocycles. The molecule has 0 atom stereocenters. The fourth-order valence-electron chi connectivity index (χ4n) is 2.16. The zero-order valence-corrected chi connectivity index (χ0v) is 11.2. The van der Waals surface area contributed by atoms with Gasteiger partial charge in [-0.3, -0.25) is 4.98 Å². The number of hydrogen-bond acceptors (Lipinski definition) is 5. The second-order valence-electron chi connectivity index (χ2n) is 4.41. The highest BCUT2D eigenvalue weighted by atomic mass is 35.5. The van der Waals surface area contributed by atoms with Gasteiger partial charge in [0.2, 0.25) is 0 Å². The van der Waals surface area contributed by atoms with Gasteiger partial charge < -0.3 is 10.4 Å². The Bertz CT molecular complexity index is 673. The van der Waals surface area contributed by atoms with Crippen molar-refractivity contribution in [2.75, 3.05) is 6.54 Å². The summed E-state index contributed by atoms with van der Waals surface area (Å²) in [5.41, 5.74) is 1.98. The van der Waals surface area contributed by atoms with Crippen LogP contribution in [-0.4, -0.2) is 32.6 Å². The molecule has 20 heavy (non-hydrogen) atoms. The van der Waals surface area contributed by atoms with Crippen molar-refractivity contribution in [3.05, 3.63) is 40.3 Å². The zero-order valence-electron chi connectivity index (χ0n) is 10.4. The van der Waals surface area contributed by atoms with Gasteiger partial charge in [-0.05, 0) is 25.1 Å². The summed E-state index contributed by atoms with van der Waals surface area (Å²) in [4.78, 5) is 24.0. The second-order valence-corrected chi connectivity index (χ2v) is 4.85. The molecular weight excluding hydrogens is 280 g/mol. The van der Waals surface area contributed by atoms with E-state index in [0.717, 1.165) is 12.2 Å². The standard InChI is InChI=1S/C13H11ClN4O2/c14-7-1-2-9(16-5-7)12-17-10-6-15-4-3-8(10)11(18-12)13(19)20/h1-2,5,15H,3-4,6H2,(H,19,20). The lowest BCUT2D eigenvalue weighted by Crippen LogP contribution is -2.27. The molecular formula is C13H11ClN4O2. The van der Waals surface area contributed by atoms with Crippen LogP contribution in [0.3, 0.4) is 0 Å². The highest BCUT2D eigenvalue weighted by molar-refractivity contribution is 6.30. The van der Waals surface area contributed by atoms with Crippen LogP contribution in [0.1, 0.15) is 21.7 Å². The highest BCUT2D eigenvalue weighted by Crippen LogP contribution is 2.21. The van der Waals surface area contributed by atoms with Crippen molar-refractivity contribution in [3.8, 4) is 11.5 Å². The van der Waals surface area contributed by atoms with Crippen LogP contribution in [-0.2, 0) is 13.0 Å². The summed E-state index contributed by atoms with van der Waals surface area (Å²) in [7, 11) is 0. The lowest BCUT2D eigenvalue weighted by molar-refractivity contribution is 0.0688. The molecule has 0 amide bonds. The number of carbonyl (C=O) groups is 1. The van der Waals surface area contributed by atoms with Crippen molar-refractivity contribution in [1.82, 2.24) is 20.3 Å². The first-order valence-electron chi connectivity index (χ1n) is 6.11. The van der Waals surface area contributed by atoms with Crippen molar-refractivity contribution in [3.63, 3.8) is 0 Å². The number of nitrogens with one attached hydrogen (secondary N) is 1. The van der Waals surface area contributed by atoms with Gasteiger partial charge in [-0.25, -0.2) is 14.8 Å². The molecule has 0 unspecified atom stereocenters. The molecule has 0 bridgehead atoms. The predicted molar refractivity (Wildman–Crippen MR) is 72.6 cm³/mol. The molecule has 0 spiro atoms. The predicted octanol–water partition coefficient (Wildman–Crippen LogP) is 1.54. The Labute approximate surface area is 119 Å². The largest absolute Gasteiger partial charge is 0.476 e. The zero-order chi connectivity index (χ0) is 14.1. The Kier molecular flexibility index (Phi) is 3.33. The van der Waals surface area contributed by atoms with Gasteiger partial charge in [0.1, 0.15) is 5.69 Å². The monoisotopic (exact) mass is 290 g/mol. The van der Waals surface area contributed by atoms with Crippen LogP contribution < -0.4 is 5.32 Å². The Morgan fingerprint density at radius 2 is 2.20 bits per heavy atom. The minimum atomic E-state index is -1.04. The molecule has 2 N–H and O–H groups in total. The molecule has 2 aromatic rings. The molecule has 0 saturated carbocycles. The van der Waals surface area contributed by atoms with Gasteiger partial charge in [-0.15, -0.1) is 0 Å². The van der Waals surface area contributed by atoms with Crippen LogP contribution in [0.15, 0.2) is 18.3 Å². The van der Waals surface area contributed by atoms with Gasteiger partial charge in [0, 0.05) is 18.3 Å². The van der Waals surface area contributed by atoms with E-state index < -0.39 is 5.97 Å². The summed E-state index contributed by atoms with van der Waals surface area (Å²) in [6.07, 6.45) is 2.10. The van der Waals surface area contributed by atoms with Gasteiger partial charge in [0.15, 0.2) is 11.5 Å². The average molecular weight is 291 g/mol. The number of aromatic nitrogens is 3. The molecule has 3 rings (SSSR count). The van der Waals surface area contributed by atoms with E-state index in [2.05, 4.69) is 20.3 Å². The van der Waals surface area contributed by atoms with E-state index >= 15 is 0 Å². The van der Waals surface area contributed by atoms with Gasteiger partial charge in [-0.1, -0.05) is 11.6 Å². The fourth-order valence-corrected chi connectivity index (χ4v) is 2.27. The quantitative estimate of drug-likeness (QED) is 0.872. The minimum Gasteiger partial charge on any atom is -0.476 e. The van der Waals surface area contributed by atoms with E-state index in [1.165, 1.54) is 6.20 Å². The van der Waals surface area contributed by atoms with Crippen molar-refractivity contribution in [2.24, 2.45) is 0 Å². The molecule has 7 heteroatoms. The van der Waals surface area contributed by atoms with Crippen molar-refractivity contribution in [2.45, 2.75) is 13.0 Å². The average Bonchev–Trinajstić information content (AvgIpc) is 2.46. The number of carboxylic acids is 1. The van der Waals surface area contributed by atoms with Crippen LogP contribution in [0.5, 0.6) is 0 Å². The molecule has 1 aliphatic rings. The first-order valence-corrected chi connectivity index (χ1v) is 6.48. The summed E-state index contributed by atoms with van der Waals surface area (Å²) in [5, 5.41) is 13.0. The number of halogens is 1. The fraction of sp³-hybridized carbons (Fsp3) is 0.231. The van der Waals surface area contributed by atoms with E-state index in [-0.39, 0.29) is 5.69 Å². The highest BCUT2D eigenvalue weighted by Gasteiger charge is 2.22. The number of hydrogen-bond donors (Lipinski definition) is 2. The van der Waals surface area contributed by atoms with E-state index in [9.17, 15) is 9.90 Å². The van der Waals surface area contributed by atoms with E-state index in [4.69, 9.17) is 11.6 Å². The molecule has 0 aromatic carbocycles. The molecule has 102 valence electrons. The van der Waals surface area contributed by atoms with Crippen LogP contribution in [0.4, 0.5) is 0 Å². The van der Waals surface area contributed by atoms with Gasteiger partial charge in [0.05, 0.1) is 10.7 Å². The molecule has 1 aliphatic heterocycles. The van der Waals surface area contributed by atoms with Crippen LogP contribution in [0, 0.1) is 0 Å². The van der Waals surface area contributed by atoms with Gasteiger partial charge >= 0.3 is 5.97 Å². The smallest absolute Gasteiger partial charge is 0.354 e. The molecule has 0 fully saturated rings. The van der Waals surface area contributed by atoms with Crippen molar-refractivity contribution >= 4 is 17.6 Å². The second kappa shape index (κ2) is 5.15. The summed E-state index contributed by atoms with van der Waals surface area (Å²) in [5.74, 6) is -0.734. The SMILES string of the molecule is O=C(O)c1nc(-c2ccc(Cl)cn2)nc2c1CCNC2. The third-order valence-corrected chi connectivity index (χ3v) is 3.32. The first kappa shape index (κ1) is 13.0. The molecule has 6 nitrogen and oxygen atoms in total. The number of rotatable bonds is 2. The summed E-state index contributed by atoms with van der Waals surface area (Å²) < 4.78 is 0. The Hall–Kier alpha value is -2.05. The maximum atomic E-state index is 11.4. The maximum absolute atomic E-state index is 11.4. The number of pyridine rings is 1. The van der Waals surface area contributed by atoms with Gasteiger partial charge in [-0.2, -0.15) is 0 Å². The first-order chi connectivity index (χ1) is 9.65.